The first-order valence-corrected chi connectivity index (χ1v) is 4.87. The molecule has 0 saturated heterocycles. The van der Waals surface area contributed by atoms with Gasteiger partial charge in [0, 0.05) is 6.54 Å². The topological polar surface area (TPSA) is 35.8 Å². The number of hydrogen-bond acceptors (Lipinski definition) is 2. The maximum Gasteiger partial charge on any atom is 0.101 e. The van der Waals surface area contributed by atoms with Crippen molar-refractivity contribution in [2.24, 2.45) is 11.3 Å². The molecule has 0 aromatic carbocycles. The molecule has 0 aromatic heterocycles. The van der Waals surface area contributed by atoms with Crippen molar-refractivity contribution in [1.82, 2.24) is 5.32 Å². The Morgan fingerprint density at radius 2 is 1.69 bits per heavy atom. The van der Waals surface area contributed by atoms with Crippen molar-refractivity contribution in [3.05, 3.63) is 0 Å². The highest BCUT2D eigenvalue weighted by Gasteiger charge is 2.25. The smallest absolute Gasteiger partial charge is 0.101 e. The summed E-state index contributed by atoms with van der Waals surface area (Å²) in [6, 6.07) is 2.24. The molecule has 0 rings (SSSR count). The lowest BCUT2D eigenvalue weighted by molar-refractivity contribution is 0.222. The molecule has 2 heteroatoms. The average molecular weight is 182 g/mol. The molecule has 0 radical (unpaired) electrons. The Hall–Kier alpha value is -0.550. The van der Waals surface area contributed by atoms with E-state index in [0.717, 1.165) is 6.54 Å². The highest BCUT2D eigenvalue weighted by atomic mass is 15.0. The van der Waals surface area contributed by atoms with E-state index in [4.69, 9.17) is 5.26 Å². The first-order valence-electron chi connectivity index (χ1n) is 4.87. The summed E-state index contributed by atoms with van der Waals surface area (Å²) in [6.45, 7) is 13.6. The Bertz CT molecular complexity index is 197. The van der Waals surface area contributed by atoms with Crippen molar-refractivity contribution in [3.8, 4) is 6.07 Å². The lowest BCUT2D eigenvalue weighted by Crippen LogP contribution is -2.44. The SMILES string of the molecule is CC(C)C(C)(C)CNC(C)(C)C#N. The van der Waals surface area contributed by atoms with E-state index >= 15 is 0 Å². The molecule has 0 aliphatic rings. The highest BCUT2D eigenvalue weighted by Crippen LogP contribution is 2.25. The van der Waals surface area contributed by atoms with Crippen LogP contribution in [0.4, 0.5) is 0 Å². The van der Waals surface area contributed by atoms with E-state index < -0.39 is 5.54 Å². The van der Waals surface area contributed by atoms with Gasteiger partial charge < -0.3 is 0 Å². The molecule has 0 amide bonds. The molecule has 0 atom stereocenters. The van der Waals surface area contributed by atoms with Gasteiger partial charge in [0.05, 0.1) is 6.07 Å². The van der Waals surface area contributed by atoms with Crippen LogP contribution in [0.2, 0.25) is 0 Å². The fourth-order valence-corrected chi connectivity index (χ4v) is 0.692. The lowest BCUT2D eigenvalue weighted by Gasteiger charge is -2.32. The monoisotopic (exact) mass is 182 g/mol. The zero-order valence-electron chi connectivity index (χ0n) is 9.73. The number of nitriles is 1. The van der Waals surface area contributed by atoms with Gasteiger partial charge in [-0.3, -0.25) is 5.32 Å². The fourth-order valence-electron chi connectivity index (χ4n) is 0.692. The summed E-state index contributed by atoms with van der Waals surface area (Å²) in [4.78, 5) is 0. The third-order valence-corrected chi connectivity index (χ3v) is 2.83. The van der Waals surface area contributed by atoms with Crippen molar-refractivity contribution in [3.63, 3.8) is 0 Å². The predicted octanol–water partition coefficient (Wildman–Crippen LogP) is 2.56. The van der Waals surface area contributed by atoms with Crippen LogP contribution in [0.25, 0.3) is 0 Å². The van der Waals surface area contributed by atoms with Gasteiger partial charge in [-0.25, -0.2) is 0 Å². The minimum absolute atomic E-state index is 0.244. The number of rotatable bonds is 4. The Labute approximate surface area is 82.3 Å². The third kappa shape index (κ3) is 4.28. The summed E-state index contributed by atoms with van der Waals surface area (Å²) in [5.74, 6) is 0.620. The van der Waals surface area contributed by atoms with Crippen molar-refractivity contribution >= 4 is 0 Å². The minimum atomic E-state index is -0.411. The molecule has 0 heterocycles. The largest absolute Gasteiger partial charge is 0.299 e. The van der Waals surface area contributed by atoms with Crippen LogP contribution in [0.1, 0.15) is 41.5 Å². The Balaban J connectivity index is 4.11. The molecule has 13 heavy (non-hydrogen) atoms. The Morgan fingerprint density at radius 1 is 1.23 bits per heavy atom. The zero-order chi connectivity index (χ0) is 10.7. The summed E-state index contributed by atoms with van der Waals surface area (Å²) in [5.41, 5.74) is -0.166. The van der Waals surface area contributed by atoms with E-state index in [1.165, 1.54) is 0 Å². The second kappa shape index (κ2) is 4.11. The molecule has 0 spiro atoms. The van der Waals surface area contributed by atoms with Gasteiger partial charge in [-0.05, 0) is 25.2 Å². The Kier molecular flexibility index (Phi) is 3.93. The molecule has 0 aliphatic carbocycles. The van der Waals surface area contributed by atoms with Gasteiger partial charge in [-0.1, -0.05) is 27.7 Å². The maximum atomic E-state index is 8.82. The van der Waals surface area contributed by atoms with Crippen molar-refractivity contribution in [2.45, 2.75) is 47.1 Å². The van der Waals surface area contributed by atoms with Crippen molar-refractivity contribution < 1.29 is 0 Å². The summed E-state index contributed by atoms with van der Waals surface area (Å²) < 4.78 is 0. The molecule has 0 aromatic rings. The average Bonchev–Trinajstić information content (AvgIpc) is 2.01. The van der Waals surface area contributed by atoms with E-state index in [1.54, 1.807) is 0 Å². The molecular weight excluding hydrogens is 160 g/mol. The molecule has 0 saturated carbocycles. The standard InChI is InChI=1S/C11H22N2/c1-9(2)10(3,4)8-13-11(5,6)7-12/h9,13H,8H2,1-6H3. The molecule has 0 aliphatic heterocycles. The minimum Gasteiger partial charge on any atom is -0.299 e. The molecule has 76 valence electrons. The van der Waals surface area contributed by atoms with Crippen molar-refractivity contribution in [2.75, 3.05) is 6.54 Å². The van der Waals surface area contributed by atoms with E-state index in [9.17, 15) is 0 Å². The van der Waals surface area contributed by atoms with E-state index in [-0.39, 0.29) is 5.41 Å². The van der Waals surface area contributed by atoms with Gasteiger partial charge in [0.2, 0.25) is 0 Å². The molecule has 2 nitrogen and oxygen atoms in total. The first-order chi connectivity index (χ1) is 5.71. The zero-order valence-corrected chi connectivity index (χ0v) is 9.73. The normalized spacial score (nSPS) is 13.1. The molecule has 0 unspecified atom stereocenters. The second-order valence-corrected chi connectivity index (χ2v) is 5.23. The molecular formula is C11H22N2. The van der Waals surface area contributed by atoms with Crippen LogP contribution < -0.4 is 5.32 Å². The van der Waals surface area contributed by atoms with Gasteiger partial charge in [-0.15, -0.1) is 0 Å². The Morgan fingerprint density at radius 3 is 2.00 bits per heavy atom. The second-order valence-electron chi connectivity index (χ2n) is 5.23. The summed E-state index contributed by atoms with van der Waals surface area (Å²) in [7, 11) is 0. The van der Waals surface area contributed by atoms with Crippen LogP contribution >= 0.6 is 0 Å². The first kappa shape index (κ1) is 12.4. The van der Waals surface area contributed by atoms with E-state index in [2.05, 4.69) is 39.1 Å². The van der Waals surface area contributed by atoms with Gasteiger partial charge >= 0.3 is 0 Å². The molecule has 1 N–H and O–H groups in total. The number of nitrogens with one attached hydrogen (secondary N) is 1. The van der Waals surface area contributed by atoms with E-state index in [0.29, 0.717) is 5.92 Å². The predicted molar refractivity (Wildman–Crippen MR) is 56.3 cm³/mol. The van der Waals surface area contributed by atoms with Gasteiger partial charge in [0.25, 0.3) is 0 Å². The van der Waals surface area contributed by atoms with Crippen molar-refractivity contribution in [1.29, 1.82) is 5.26 Å². The number of hydrogen-bond donors (Lipinski definition) is 1. The van der Waals surface area contributed by atoms with Gasteiger partial charge in [0.15, 0.2) is 0 Å². The van der Waals surface area contributed by atoms with Crippen LogP contribution in [0, 0.1) is 22.7 Å². The summed E-state index contributed by atoms with van der Waals surface area (Å²) in [5, 5.41) is 12.1. The summed E-state index contributed by atoms with van der Waals surface area (Å²) >= 11 is 0. The third-order valence-electron chi connectivity index (χ3n) is 2.83. The van der Waals surface area contributed by atoms with E-state index in [1.807, 2.05) is 13.8 Å². The maximum absolute atomic E-state index is 8.82. The lowest BCUT2D eigenvalue weighted by atomic mass is 9.80. The molecule has 0 bridgehead atoms. The quantitative estimate of drug-likeness (QED) is 0.725. The molecule has 0 fully saturated rings. The highest BCUT2D eigenvalue weighted by molar-refractivity contribution is 5.00. The van der Waals surface area contributed by atoms with Gasteiger partial charge in [0.1, 0.15) is 5.54 Å². The number of nitrogens with zero attached hydrogens (tertiary/aromatic N) is 1. The van der Waals surface area contributed by atoms with Crippen LogP contribution in [0.3, 0.4) is 0 Å². The van der Waals surface area contributed by atoms with Crippen LogP contribution in [0.15, 0.2) is 0 Å². The van der Waals surface area contributed by atoms with Crippen LogP contribution in [-0.2, 0) is 0 Å². The van der Waals surface area contributed by atoms with Crippen LogP contribution in [0.5, 0.6) is 0 Å². The fraction of sp³-hybridized carbons (Fsp3) is 0.909. The summed E-state index contributed by atoms with van der Waals surface area (Å²) in [6.07, 6.45) is 0. The van der Waals surface area contributed by atoms with Crippen LogP contribution in [-0.4, -0.2) is 12.1 Å². The van der Waals surface area contributed by atoms with Gasteiger partial charge in [-0.2, -0.15) is 5.26 Å².